The molecule has 1 aromatic heterocycles. The maximum Gasteiger partial charge on any atom is 0.256 e. The summed E-state index contributed by atoms with van der Waals surface area (Å²) in [6, 6.07) is 7.78. The van der Waals surface area contributed by atoms with Crippen LogP contribution in [-0.2, 0) is 17.9 Å². The number of hydrogen-bond donors (Lipinski definition) is 2. The summed E-state index contributed by atoms with van der Waals surface area (Å²) in [5, 5.41) is 5.81. The molecule has 2 N–H and O–H groups in total. The molecule has 0 unspecified atom stereocenters. The molecule has 2 aromatic rings. The first-order valence-corrected chi connectivity index (χ1v) is 8.58. The molecule has 1 aliphatic rings. The van der Waals surface area contributed by atoms with E-state index >= 15 is 0 Å². The lowest BCUT2D eigenvalue weighted by atomic mass is 10.2. The number of methoxy groups -OCH3 is 1. The molecular weight excluding hydrogens is 351 g/mol. The molecule has 27 heavy (non-hydrogen) atoms. The number of fused-ring (bicyclic) bond motifs is 1. The van der Waals surface area contributed by atoms with Crippen molar-refractivity contribution in [2.24, 2.45) is 0 Å². The van der Waals surface area contributed by atoms with Crippen LogP contribution in [0, 0.1) is 5.82 Å². The van der Waals surface area contributed by atoms with Gasteiger partial charge in [-0.25, -0.2) is 9.37 Å². The van der Waals surface area contributed by atoms with Gasteiger partial charge in [0.15, 0.2) is 0 Å². The number of amides is 2. The first-order chi connectivity index (χ1) is 13.0. The van der Waals surface area contributed by atoms with Crippen LogP contribution in [0.15, 0.2) is 30.3 Å². The number of pyridine rings is 1. The van der Waals surface area contributed by atoms with Gasteiger partial charge in [-0.2, -0.15) is 0 Å². The molecule has 142 valence electrons. The van der Waals surface area contributed by atoms with Gasteiger partial charge in [-0.1, -0.05) is 0 Å². The van der Waals surface area contributed by atoms with Crippen molar-refractivity contribution in [3.8, 4) is 5.75 Å². The van der Waals surface area contributed by atoms with E-state index in [2.05, 4.69) is 15.6 Å². The summed E-state index contributed by atoms with van der Waals surface area (Å²) in [7, 11) is 1.53. The van der Waals surface area contributed by atoms with Crippen molar-refractivity contribution in [3.05, 3.63) is 53.0 Å². The molecule has 3 rings (SSSR count). The van der Waals surface area contributed by atoms with Gasteiger partial charge in [0.2, 0.25) is 5.91 Å². The maximum absolute atomic E-state index is 13.5. The topological polar surface area (TPSA) is 83.6 Å². The number of anilines is 1. The minimum absolute atomic E-state index is 0.0961. The predicted octanol–water partition coefficient (Wildman–Crippen LogP) is 1.93. The molecule has 0 atom stereocenters. The molecular formula is C19H21FN4O3. The van der Waals surface area contributed by atoms with Crippen molar-refractivity contribution in [3.63, 3.8) is 0 Å². The Kier molecular flexibility index (Phi) is 5.54. The monoisotopic (exact) mass is 372 g/mol. The Balaban J connectivity index is 1.65. The van der Waals surface area contributed by atoms with Crippen LogP contribution >= 0.6 is 0 Å². The summed E-state index contributed by atoms with van der Waals surface area (Å²) in [6.07, 6.45) is 0. The van der Waals surface area contributed by atoms with E-state index in [0.29, 0.717) is 54.6 Å². The fourth-order valence-corrected chi connectivity index (χ4v) is 2.96. The van der Waals surface area contributed by atoms with Crippen molar-refractivity contribution in [2.75, 3.05) is 25.5 Å². The van der Waals surface area contributed by atoms with Gasteiger partial charge in [-0.05, 0) is 30.3 Å². The van der Waals surface area contributed by atoms with E-state index in [-0.39, 0.29) is 17.6 Å². The number of nitrogens with zero attached hydrogens (tertiary/aromatic N) is 2. The number of nitrogens with one attached hydrogen (secondary N) is 2. The van der Waals surface area contributed by atoms with Crippen LogP contribution in [0.4, 0.5) is 10.2 Å². The highest BCUT2D eigenvalue weighted by Crippen LogP contribution is 2.24. The molecule has 0 saturated heterocycles. The van der Waals surface area contributed by atoms with Crippen molar-refractivity contribution in [2.45, 2.75) is 20.0 Å². The maximum atomic E-state index is 13.5. The second-order valence-corrected chi connectivity index (χ2v) is 6.21. The van der Waals surface area contributed by atoms with Crippen molar-refractivity contribution >= 4 is 17.6 Å². The van der Waals surface area contributed by atoms with Crippen LogP contribution in [0.5, 0.6) is 5.75 Å². The molecule has 1 aliphatic heterocycles. The molecule has 8 heteroatoms. The van der Waals surface area contributed by atoms with Gasteiger partial charge in [-0.3, -0.25) is 9.59 Å². The molecule has 0 fully saturated rings. The largest absolute Gasteiger partial charge is 0.496 e. The van der Waals surface area contributed by atoms with Gasteiger partial charge in [0.05, 0.1) is 24.9 Å². The van der Waals surface area contributed by atoms with Gasteiger partial charge in [0.1, 0.15) is 17.4 Å². The molecule has 0 saturated carbocycles. The van der Waals surface area contributed by atoms with Crippen LogP contribution in [0.25, 0.3) is 0 Å². The second-order valence-electron chi connectivity index (χ2n) is 6.21. The third kappa shape index (κ3) is 4.33. The lowest BCUT2D eigenvalue weighted by Gasteiger charge is -2.14. The normalized spacial score (nSPS) is 12.7. The smallest absolute Gasteiger partial charge is 0.256 e. The number of rotatable bonds is 7. The average molecular weight is 372 g/mol. The zero-order chi connectivity index (χ0) is 19.4. The summed E-state index contributed by atoms with van der Waals surface area (Å²) in [6.45, 7) is 3.00. The average Bonchev–Trinajstić information content (AvgIpc) is 2.95. The third-order valence-corrected chi connectivity index (χ3v) is 4.29. The summed E-state index contributed by atoms with van der Waals surface area (Å²) in [5.41, 5.74) is 1.92. The van der Waals surface area contributed by atoms with Crippen LogP contribution < -0.4 is 15.4 Å². The van der Waals surface area contributed by atoms with Gasteiger partial charge in [0.25, 0.3) is 5.91 Å². The molecule has 2 amide bonds. The van der Waals surface area contributed by atoms with Gasteiger partial charge in [0, 0.05) is 32.1 Å². The first-order valence-electron chi connectivity index (χ1n) is 8.58. The third-order valence-electron chi connectivity index (χ3n) is 4.29. The summed E-state index contributed by atoms with van der Waals surface area (Å²) in [5.74, 6) is 0.619. The van der Waals surface area contributed by atoms with Crippen LogP contribution in [0.1, 0.15) is 28.5 Å². The number of aromatic nitrogens is 1. The minimum Gasteiger partial charge on any atom is -0.496 e. The molecule has 0 bridgehead atoms. The quantitative estimate of drug-likeness (QED) is 0.776. The van der Waals surface area contributed by atoms with Gasteiger partial charge in [-0.15, -0.1) is 0 Å². The number of benzene rings is 1. The Hall–Kier alpha value is -3.16. The fraction of sp³-hybridized carbons (Fsp3) is 0.316. The lowest BCUT2D eigenvalue weighted by Crippen LogP contribution is -2.34. The Morgan fingerprint density at radius 1 is 1.33 bits per heavy atom. The Morgan fingerprint density at radius 2 is 2.15 bits per heavy atom. The second kappa shape index (κ2) is 8.03. The SMILES string of the molecule is COc1ccc(F)cc1CNc1ccc2c(n1)CN(CCNC(C)=O)C2=O. The number of carbonyl (C=O) groups excluding carboxylic acids is 2. The minimum atomic E-state index is -0.338. The van der Waals surface area contributed by atoms with E-state index in [1.807, 2.05) is 0 Å². The molecule has 1 aromatic carbocycles. The Labute approximate surface area is 156 Å². The van der Waals surface area contributed by atoms with Crippen molar-refractivity contribution in [1.29, 1.82) is 0 Å². The highest BCUT2D eigenvalue weighted by atomic mass is 19.1. The molecule has 7 nitrogen and oxygen atoms in total. The molecule has 0 spiro atoms. The number of hydrogen-bond acceptors (Lipinski definition) is 5. The highest BCUT2D eigenvalue weighted by Gasteiger charge is 2.28. The van der Waals surface area contributed by atoms with Gasteiger partial charge >= 0.3 is 0 Å². The summed E-state index contributed by atoms with van der Waals surface area (Å²) >= 11 is 0. The first kappa shape index (κ1) is 18.6. The highest BCUT2D eigenvalue weighted by molar-refractivity contribution is 5.98. The number of halogens is 1. The predicted molar refractivity (Wildman–Crippen MR) is 97.9 cm³/mol. The lowest BCUT2D eigenvalue weighted by molar-refractivity contribution is -0.119. The van der Waals surface area contributed by atoms with Crippen LogP contribution in [-0.4, -0.2) is 41.9 Å². The molecule has 2 heterocycles. The van der Waals surface area contributed by atoms with Crippen LogP contribution in [0.3, 0.4) is 0 Å². The number of ether oxygens (including phenoxy) is 1. The molecule has 0 aliphatic carbocycles. The van der Waals surface area contributed by atoms with Crippen LogP contribution in [0.2, 0.25) is 0 Å². The van der Waals surface area contributed by atoms with E-state index in [1.165, 1.54) is 26.2 Å². The fourth-order valence-electron chi connectivity index (χ4n) is 2.96. The van der Waals surface area contributed by atoms with Crippen molar-refractivity contribution < 1.29 is 18.7 Å². The Bertz CT molecular complexity index is 872. The molecule has 0 radical (unpaired) electrons. The van der Waals surface area contributed by atoms with E-state index < -0.39 is 0 Å². The van der Waals surface area contributed by atoms with Crippen molar-refractivity contribution in [1.82, 2.24) is 15.2 Å². The summed E-state index contributed by atoms with van der Waals surface area (Å²) < 4.78 is 18.7. The van der Waals surface area contributed by atoms with Gasteiger partial charge < -0.3 is 20.3 Å². The zero-order valence-corrected chi connectivity index (χ0v) is 15.2. The number of carbonyl (C=O) groups is 2. The van der Waals surface area contributed by atoms with E-state index in [9.17, 15) is 14.0 Å². The van der Waals surface area contributed by atoms with E-state index in [0.717, 1.165) is 0 Å². The zero-order valence-electron chi connectivity index (χ0n) is 15.2. The van der Waals surface area contributed by atoms with E-state index in [1.54, 1.807) is 23.1 Å². The Morgan fingerprint density at radius 3 is 2.89 bits per heavy atom. The standard InChI is InChI=1S/C19H21FN4O3/c1-12(25)21-7-8-24-11-16-15(19(24)26)4-6-18(23-16)22-10-13-9-14(20)3-5-17(13)27-2/h3-6,9H,7-8,10-11H2,1-2H3,(H,21,25)(H,22,23). The van der Waals surface area contributed by atoms with E-state index in [4.69, 9.17) is 4.74 Å². The summed E-state index contributed by atoms with van der Waals surface area (Å²) in [4.78, 5) is 29.5.